The molecule has 6 heteroatoms. The molecule has 1 fully saturated rings. The van der Waals surface area contributed by atoms with Crippen LogP contribution in [0.5, 0.6) is 5.75 Å². The predicted octanol–water partition coefficient (Wildman–Crippen LogP) is 4.66. The van der Waals surface area contributed by atoms with Gasteiger partial charge in [-0.2, -0.15) is 0 Å². The third-order valence-electron chi connectivity index (χ3n) is 4.30. The van der Waals surface area contributed by atoms with Gasteiger partial charge in [0.2, 0.25) is 5.91 Å². The van der Waals surface area contributed by atoms with E-state index in [0.717, 1.165) is 35.9 Å². The molecule has 1 aliphatic heterocycles. The summed E-state index contributed by atoms with van der Waals surface area (Å²) in [5.74, 6) is 0.565. The van der Waals surface area contributed by atoms with Gasteiger partial charge in [0.05, 0.1) is 24.2 Å². The van der Waals surface area contributed by atoms with Crippen LogP contribution in [0.15, 0.2) is 36.4 Å². The van der Waals surface area contributed by atoms with Crippen molar-refractivity contribution < 1.29 is 9.53 Å². The van der Waals surface area contributed by atoms with Gasteiger partial charge in [0.25, 0.3) is 0 Å². The van der Waals surface area contributed by atoms with E-state index in [0.29, 0.717) is 0 Å². The monoisotopic (exact) mass is 404 g/mol. The van der Waals surface area contributed by atoms with Gasteiger partial charge in [-0.15, -0.1) is 0 Å². The third-order valence-corrected chi connectivity index (χ3v) is 4.30. The van der Waals surface area contributed by atoms with E-state index in [2.05, 4.69) is 47.4 Å². The normalized spacial score (nSPS) is 12.3. The fourth-order valence-corrected chi connectivity index (χ4v) is 2.61. The number of nitrogens with one attached hydrogen (secondary N) is 3. The van der Waals surface area contributed by atoms with Crippen molar-refractivity contribution in [3.63, 3.8) is 0 Å². The maximum absolute atomic E-state index is 11.7. The molecule has 1 aromatic rings. The minimum atomic E-state index is -0.208. The van der Waals surface area contributed by atoms with E-state index in [4.69, 9.17) is 4.74 Å². The van der Waals surface area contributed by atoms with Gasteiger partial charge in [0, 0.05) is 26.2 Å². The molecule has 6 nitrogen and oxygen atoms in total. The fraction of sp³-hybridized carbons (Fsp3) is 0.522. The maximum atomic E-state index is 11.7. The van der Waals surface area contributed by atoms with Gasteiger partial charge in [0.15, 0.2) is 0 Å². The van der Waals surface area contributed by atoms with Gasteiger partial charge in [0.1, 0.15) is 5.75 Å². The Morgan fingerprint density at radius 1 is 1.10 bits per heavy atom. The number of allylic oxidation sites excluding steroid dienone is 2. The average molecular weight is 405 g/mol. The molecule has 0 atom stereocenters. The lowest BCUT2D eigenvalue weighted by molar-refractivity contribution is -0.111. The molecule has 1 aromatic carbocycles. The lowest BCUT2D eigenvalue weighted by Gasteiger charge is -2.31. The van der Waals surface area contributed by atoms with Crippen LogP contribution in [0.25, 0.3) is 0 Å². The first-order valence-electron chi connectivity index (χ1n) is 10.1. The molecule has 0 aromatic heterocycles. The summed E-state index contributed by atoms with van der Waals surface area (Å²) >= 11 is 0. The summed E-state index contributed by atoms with van der Waals surface area (Å²) in [5.41, 5.74) is 4.01. The van der Waals surface area contributed by atoms with Crippen molar-refractivity contribution in [3.8, 4) is 5.75 Å². The zero-order chi connectivity index (χ0) is 22.2. The number of piperidine rings is 1. The number of methoxy groups -OCH3 is 1. The molecular weight excluding hydrogens is 364 g/mol. The Bertz CT molecular complexity index is 647. The number of carbonyl (C=O) groups is 1. The lowest BCUT2D eigenvalue weighted by Crippen LogP contribution is -2.30. The second kappa shape index (κ2) is 15.5. The van der Waals surface area contributed by atoms with Crippen molar-refractivity contribution in [2.75, 3.05) is 56.9 Å². The summed E-state index contributed by atoms with van der Waals surface area (Å²) in [6, 6.07) is 3.89. The number of hydrogen-bond acceptors (Lipinski definition) is 5. The van der Waals surface area contributed by atoms with E-state index in [9.17, 15) is 4.79 Å². The average Bonchev–Trinajstić information content (AvgIpc) is 2.74. The summed E-state index contributed by atoms with van der Waals surface area (Å²) in [7, 11) is 7.23. The zero-order valence-corrected chi connectivity index (χ0v) is 19.3. The fourth-order valence-electron chi connectivity index (χ4n) is 2.61. The molecule has 0 saturated carbocycles. The van der Waals surface area contributed by atoms with Crippen LogP contribution in [0.3, 0.4) is 0 Å². The quantitative estimate of drug-likeness (QED) is 0.492. The largest absolute Gasteiger partial charge is 0.495 e. The first-order chi connectivity index (χ1) is 13.9. The summed E-state index contributed by atoms with van der Waals surface area (Å²) in [6.07, 6.45) is 6.97. The van der Waals surface area contributed by atoms with Crippen LogP contribution in [0.1, 0.15) is 40.0 Å². The van der Waals surface area contributed by atoms with Crippen molar-refractivity contribution in [1.29, 1.82) is 0 Å². The van der Waals surface area contributed by atoms with Crippen molar-refractivity contribution >= 4 is 23.0 Å². The number of benzene rings is 1. The molecule has 0 spiro atoms. The van der Waals surface area contributed by atoms with E-state index in [-0.39, 0.29) is 5.91 Å². The predicted molar refractivity (Wildman–Crippen MR) is 128 cm³/mol. The SMILES string of the molecule is C=CC(=O)Nc1cc(NC)c(OC)cc1N1CCCCC1.CC=C(C)C.CNC. The van der Waals surface area contributed by atoms with Crippen LogP contribution in [0.2, 0.25) is 0 Å². The number of hydrogen-bond donors (Lipinski definition) is 3. The molecule has 1 aliphatic rings. The molecule has 0 bridgehead atoms. The summed E-state index contributed by atoms with van der Waals surface area (Å²) in [6.45, 7) is 11.7. The second-order valence-corrected chi connectivity index (χ2v) is 6.93. The number of ether oxygens (including phenoxy) is 1. The van der Waals surface area contributed by atoms with Gasteiger partial charge in [-0.3, -0.25) is 4.79 Å². The molecule has 1 heterocycles. The Labute approximate surface area is 177 Å². The number of amides is 1. The highest BCUT2D eigenvalue weighted by atomic mass is 16.5. The molecule has 3 N–H and O–H groups in total. The van der Waals surface area contributed by atoms with Crippen molar-refractivity contribution in [3.05, 3.63) is 36.4 Å². The van der Waals surface area contributed by atoms with Gasteiger partial charge in [-0.05, 0) is 66.3 Å². The van der Waals surface area contributed by atoms with Crippen LogP contribution in [-0.4, -0.2) is 47.2 Å². The van der Waals surface area contributed by atoms with E-state index < -0.39 is 0 Å². The number of nitrogens with zero attached hydrogens (tertiary/aromatic N) is 1. The lowest BCUT2D eigenvalue weighted by atomic mass is 10.1. The molecule has 0 radical (unpaired) electrons. The van der Waals surface area contributed by atoms with Crippen LogP contribution >= 0.6 is 0 Å². The zero-order valence-electron chi connectivity index (χ0n) is 19.3. The Kier molecular flexibility index (Phi) is 14.1. The van der Waals surface area contributed by atoms with E-state index in [1.807, 2.05) is 40.2 Å². The number of anilines is 3. The molecule has 1 saturated heterocycles. The van der Waals surface area contributed by atoms with Crippen molar-refractivity contribution in [1.82, 2.24) is 5.32 Å². The summed E-state index contributed by atoms with van der Waals surface area (Å²) < 4.78 is 5.43. The molecule has 29 heavy (non-hydrogen) atoms. The first kappa shape index (κ1) is 26.5. The Hall–Kier alpha value is -2.47. The Morgan fingerprint density at radius 2 is 1.66 bits per heavy atom. The highest BCUT2D eigenvalue weighted by Gasteiger charge is 2.18. The first-order valence-corrected chi connectivity index (χ1v) is 10.1. The topological polar surface area (TPSA) is 65.6 Å². The molecule has 0 unspecified atom stereocenters. The second-order valence-electron chi connectivity index (χ2n) is 6.93. The highest BCUT2D eigenvalue weighted by molar-refractivity contribution is 6.02. The van der Waals surface area contributed by atoms with E-state index in [1.54, 1.807) is 7.11 Å². The van der Waals surface area contributed by atoms with Gasteiger partial charge < -0.3 is 25.6 Å². The third kappa shape index (κ3) is 10.0. The molecule has 1 amide bonds. The van der Waals surface area contributed by atoms with Gasteiger partial charge in [-0.25, -0.2) is 0 Å². The Balaban J connectivity index is 0.000000838. The Morgan fingerprint density at radius 3 is 2.07 bits per heavy atom. The van der Waals surface area contributed by atoms with Crippen LogP contribution in [-0.2, 0) is 4.79 Å². The molecule has 164 valence electrons. The van der Waals surface area contributed by atoms with Gasteiger partial charge >= 0.3 is 0 Å². The smallest absolute Gasteiger partial charge is 0.247 e. The van der Waals surface area contributed by atoms with Crippen LogP contribution in [0, 0.1) is 0 Å². The minimum absolute atomic E-state index is 0.208. The van der Waals surface area contributed by atoms with Gasteiger partial charge in [-0.1, -0.05) is 18.2 Å². The maximum Gasteiger partial charge on any atom is 0.247 e. The van der Waals surface area contributed by atoms with Crippen molar-refractivity contribution in [2.45, 2.75) is 40.0 Å². The highest BCUT2D eigenvalue weighted by Crippen LogP contribution is 2.37. The summed E-state index contributed by atoms with van der Waals surface area (Å²) in [5, 5.41) is 8.73. The van der Waals surface area contributed by atoms with Crippen LogP contribution < -0.4 is 25.6 Å². The number of carbonyl (C=O) groups excluding carboxylic acids is 1. The minimum Gasteiger partial charge on any atom is -0.495 e. The number of rotatable bonds is 5. The molecule has 2 rings (SSSR count). The molecule has 0 aliphatic carbocycles. The summed E-state index contributed by atoms with van der Waals surface area (Å²) in [4.78, 5) is 14.0. The van der Waals surface area contributed by atoms with E-state index >= 15 is 0 Å². The van der Waals surface area contributed by atoms with E-state index in [1.165, 1.54) is 30.9 Å². The standard InChI is InChI=1S/C16H23N3O2.C5H10.C2H7N/c1-4-16(20)18-12-10-13(17-2)15(21-3)11-14(12)19-8-6-5-7-9-19;1-4-5(2)3;1-3-2/h4,10-11,17H,1,5-9H2,2-3H3,(H,18,20);4H,1-3H3;3H,1-2H3. The van der Waals surface area contributed by atoms with Crippen molar-refractivity contribution in [2.24, 2.45) is 0 Å². The molecular formula is C23H40N4O2. The van der Waals surface area contributed by atoms with Crippen LogP contribution in [0.4, 0.5) is 17.1 Å².